The van der Waals surface area contributed by atoms with E-state index in [1.54, 1.807) is 7.11 Å². The van der Waals surface area contributed by atoms with Gasteiger partial charge in [0.25, 0.3) is 0 Å². The molecule has 1 saturated heterocycles. The van der Waals surface area contributed by atoms with Crippen LogP contribution in [0.1, 0.15) is 25.3 Å². The van der Waals surface area contributed by atoms with Gasteiger partial charge in [-0.05, 0) is 62.6 Å². The number of hydrogen-bond donors (Lipinski definition) is 1. The Morgan fingerprint density at radius 3 is 2.62 bits per heavy atom. The zero-order valence-electron chi connectivity index (χ0n) is 17.5. The van der Waals surface area contributed by atoms with Crippen molar-refractivity contribution in [2.24, 2.45) is 5.92 Å². The number of para-hydroxylation sites is 1. The molecule has 1 aliphatic heterocycles. The summed E-state index contributed by atoms with van der Waals surface area (Å²) in [7, 11) is 1.66. The Bertz CT molecular complexity index is 748. The van der Waals surface area contributed by atoms with E-state index in [1.807, 2.05) is 61.5 Å². The number of nitrogens with one attached hydrogen (secondary N) is 1. The average Bonchev–Trinajstić information content (AvgIpc) is 2.78. The average molecular weight is 397 g/mol. The molecular weight excluding hydrogens is 364 g/mol. The topological polar surface area (TPSA) is 50.8 Å². The van der Waals surface area contributed by atoms with Crippen molar-refractivity contribution >= 4 is 5.91 Å². The zero-order chi connectivity index (χ0) is 20.5. The van der Waals surface area contributed by atoms with Crippen LogP contribution in [0.3, 0.4) is 0 Å². The zero-order valence-corrected chi connectivity index (χ0v) is 17.5. The van der Waals surface area contributed by atoms with Crippen LogP contribution in [0, 0.1) is 5.92 Å². The third kappa shape index (κ3) is 6.50. The smallest absolute Gasteiger partial charge is 0.237 e. The molecule has 3 rings (SSSR count). The number of likely N-dealkylation sites (tertiary alicyclic amines) is 1. The number of ether oxygens (including phenoxy) is 2. The van der Waals surface area contributed by atoms with Crippen molar-refractivity contribution < 1.29 is 14.3 Å². The fourth-order valence-electron chi connectivity index (χ4n) is 3.75. The quantitative estimate of drug-likeness (QED) is 0.704. The molecule has 1 aliphatic rings. The number of carbonyl (C=O) groups is 1. The first-order valence-corrected chi connectivity index (χ1v) is 10.5. The van der Waals surface area contributed by atoms with E-state index in [0.717, 1.165) is 43.9 Å². The SMILES string of the molecule is COc1ccc(CCNC(=O)C(C)N2CCCC(COc3ccccc3)C2)cc1. The molecular formula is C24H32N2O3. The van der Waals surface area contributed by atoms with Gasteiger partial charge in [-0.2, -0.15) is 0 Å². The lowest BCUT2D eigenvalue weighted by atomic mass is 9.97. The van der Waals surface area contributed by atoms with Crippen LogP contribution in [-0.4, -0.2) is 50.2 Å². The van der Waals surface area contributed by atoms with Gasteiger partial charge >= 0.3 is 0 Å². The monoisotopic (exact) mass is 396 g/mol. The largest absolute Gasteiger partial charge is 0.497 e. The molecule has 0 bridgehead atoms. The molecule has 5 heteroatoms. The molecule has 0 aromatic heterocycles. The van der Waals surface area contributed by atoms with E-state index in [4.69, 9.17) is 9.47 Å². The molecule has 2 unspecified atom stereocenters. The summed E-state index contributed by atoms with van der Waals surface area (Å²) in [6.07, 6.45) is 3.07. The summed E-state index contributed by atoms with van der Waals surface area (Å²) in [4.78, 5) is 14.9. The summed E-state index contributed by atoms with van der Waals surface area (Å²) in [5.41, 5.74) is 1.19. The van der Waals surface area contributed by atoms with E-state index in [-0.39, 0.29) is 11.9 Å². The number of benzene rings is 2. The van der Waals surface area contributed by atoms with Crippen LogP contribution >= 0.6 is 0 Å². The lowest BCUT2D eigenvalue weighted by molar-refractivity contribution is -0.126. The van der Waals surface area contributed by atoms with Crippen molar-refractivity contribution in [1.82, 2.24) is 10.2 Å². The van der Waals surface area contributed by atoms with E-state index >= 15 is 0 Å². The highest BCUT2D eigenvalue weighted by molar-refractivity contribution is 5.81. The Morgan fingerprint density at radius 2 is 1.90 bits per heavy atom. The van der Waals surface area contributed by atoms with E-state index in [9.17, 15) is 4.79 Å². The van der Waals surface area contributed by atoms with Crippen molar-refractivity contribution in [3.63, 3.8) is 0 Å². The van der Waals surface area contributed by atoms with Crippen LogP contribution in [0.25, 0.3) is 0 Å². The normalized spacial score (nSPS) is 18.1. The Labute approximate surface area is 174 Å². The number of piperidine rings is 1. The predicted octanol–water partition coefficient (Wildman–Crippen LogP) is 3.53. The van der Waals surface area contributed by atoms with Gasteiger partial charge in [-0.1, -0.05) is 30.3 Å². The van der Waals surface area contributed by atoms with Crippen molar-refractivity contribution in [2.45, 2.75) is 32.2 Å². The summed E-state index contributed by atoms with van der Waals surface area (Å²) >= 11 is 0. The number of rotatable bonds is 9. The highest BCUT2D eigenvalue weighted by atomic mass is 16.5. The fourth-order valence-corrected chi connectivity index (χ4v) is 3.75. The van der Waals surface area contributed by atoms with Gasteiger partial charge in [0, 0.05) is 19.0 Å². The van der Waals surface area contributed by atoms with E-state index < -0.39 is 0 Å². The second-order valence-electron chi connectivity index (χ2n) is 7.69. The van der Waals surface area contributed by atoms with Crippen molar-refractivity contribution in [1.29, 1.82) is 0 Å². The van der Waals surface area contributed by atoms with Crippen LogP contribution < -0.4 is 14.8 Å². The van der Waals surface area contributed by atoms with Gasteiger partial charge < -0.3 is 14.8 Å². The Morgan fingerprint density at radius 1 is 1.14 bits per heavy atom. The molecule has 29 heavy (non-hydrogen) atoms. The summed E-state index contributed by atoms with van der Waals surface area (Å²) in [5.74, 6) is 2.32. The maximum absolute atomic E-state index is 12.6. The molecule has 5 nitrogen and oxygen atoms in total. The highest BCUT2D eigenvalue weighted by Gasteiger charge is 2.27. The summed E-state index contributed by atoms with van der Waals surface area (Å²) < 4.78 is 11.1. The third-order valence-corrected chi connectivity index (χ3v) is 5.58. The summed E-state index contributed by atoms with van der Waals surface area (Å²) in [5, 5.41) is 3.09. The number of methoxy groups -OCH3 is 1. The first kappa shape index (κ1) is 21.2. The van der Waals surface area contributed by atoms with Gasteiger partial charge in [0.1, 0.15) is 11.5 Å². The van der Waals surface area contributed by atoms with Crippen molar-refractivity contribution in [2.75, 3.05) is 33.4 Å². The maximum Gasteiger partial charge on any atom is 0.237 e. The first-order chi connectivity index (χ1) is 14.2. The second-order valence-corrected chi connectivity index (χ2v) is 7.69. The molecule has 1 amide bonds. The Hall–Kier alpha value is -2.53. The Kier molecular flexibility index (Phi) is 7.94. The molecule has 0 spiro atoms. The maximum atomic E-state index is 12.6. The highest BCUT2D eigenvalue weighted by Crippen LogP contribution is 2.20. The number of nitrogens with zero attached hydrogens (tertiary/aromatic N) is 1. The molecule has 0 saturated carbocycles. The number of hydrogen-bond acceptors (Lipinski definition) is 4. The van der Waals surface area contributed by atoms with Gasteiger partial charge in [-0.3, -0.25) is 9.69 Å². The van der Waals surface area contributed by atoms with Gasteiger partial charge in [0.05, 0.1) is 19.8 Å². The number of amides is 1. The Balaban J connectivity index is 1.40. The van der Waals surface area contributed by atoms with Crippen LogP contribution in [0.15, 0.2) is 54.6 Å². The molecule has 0 aliphatic carbocycles. The summed E-state index contributed by atoms with van der Waals surface area (Å²) in [6, 6.07) is 17.8. The summed E-state index contributed by atoms with van der Waals surface area (Å²) in [6.45, 7) is 5.22. The predicted molar refractivity (Wildman–Crippen MR) is 115 cm³/mol. The second kappa shape index (κ2) is 10.9. The van der Waals surface area contributed by atoms with Gasteiger partial charge in [0.15, 0.2) is 0 Å². The minimum atomic E-state index is -0.120. The molecule has 2 atom stereocenters. The molecule has 2 aromatic rings. The van der Waals surface area contributed by atoms with Gasteiger partial charge in [-0.15, -0.1) is 0 Å². The first-order valence-electron chi connectivity index (χ1n) is 10.5. The van der Waals surface area contributed by atoms with Crippen LogP contribution in [0.5, 0.6) is 11.5 Å². The lowest BCUT2D eigenvalue weighted by Gasteiger charge is -2.36. The van der Waals surface area contributed by atoms with Crippen LogP contribution in [-0.2, 0) is 11.2 Å². The van der Waals surface area contributed by atoms with E-state index in [0.29, 0.717) is 19.1 Å². The lowest BCUT2D eigenvalue weighted by Crippen LogP contribution is -2.50. The van der Waals surface area contributed by atoms with Gasteiger partial charge in [0.2, 0.25) is 5.91 Å². The van der Waals surface area contributed by atoms with E-state index in [1.165, 1.54) is 5.56 Å². The van der Waals surface area contributed by atoms with Crippen molar-refractivity contribution in [3.8, 4) is 11.5 Å². The standard InChI is InChI=1S/C24H32N2O3/c1-19(24(27)25-15-14-20-10-12-22(28-2)13-11-20)26-16-6-7-21(17-26)18-29-23-8-4-3-5-9-23/h3-5,8-13,19,21H,6-7,14-18H2,1-2H3,(H,25,27). The van der Waals surface area contributed by atoms with Crippen LogP contribution in [0.4, 0.5) is 0 Å². The molecule has 1 fully saturated rings. The minimum Gasteiger partial charge on any atom is -0.497 e. The van der Waals surface area contributed by atoms with E-state index in [2.05, 4.69) is 10.2 Å². The fraction of sp³-hybridized carbons (Fsp3) is 0.458. The minimum absolute atomic E-state index is 0.100. The molecule has 2 aromatic carbocycles. The van der Waals surface area contributed by atoms with Gasteiger partial charge in [-0.25, -0.2) is 0 Å². The molecule has 156 valence electrons. The van der Waals surface area contributed by atoms with Crippen LogP contribution in [0.2, 0.25) is 0 Å². The molecule has 1 N–H and O–H groups in total. The molecule has 0 radical (unpaired) electrons. The molecule has 1 heterocycles. The number of carbonyl (C=O) groups excluding carboxylic acids is 1. The third-order valence-electron chi connectivity index (χ3n) is 5.58. The van der Waals surface area contributed by atoms with Crippen molar-refractivity contribution in [3.05, 3.63) is 60.2 Å².